The number of allylic oxidation sites excluding steroid dienone is 3. The highest BCUT2D eigenvalue weighted by atomic mass is 32.1. The van der Waals surface area contributed by atoms with Crippen molar-refractivity contribution in [3.8, 4) is 24.2 Å². The Balaban J connectivity index is -0.0000000527. The van der Waals surface area contributed by atoms with Crippen LogP contribution in [0.1, 0.15) is 204 Å². The van der Waals surface area contributed by atoms with Gasteiger partial charge in [0, 0.05) is 55.2 Å². The molecule has 76 heavy (non-hydrogen) atoms. The minimum Gasteiger partial charge on any atom is -0.393 e. The SMILES string of the molecule is C#CCC(C)O.C=C(C)N[C@@H](CC)C(C)=O.C=C(C)N[C@@H](CC)C(C)=O.C=C(C)N[C@@H](CC)C(C)=O.CC.CC.CC.CC.CC#CCC(C)O.CCCCC(C)O.[B].[B].[B].c1ccsc1.c1ccsc1.c1ccsc1. The van der Waals surface area contributed by atoms with Crippen LogP contribution >= 0.6 is 34.0 Å². The number of hydrogen-bond acceptors (Lipinski definition) is 12. The maximum Gasteiger partial charge on any atom is 0.151 e. The number of hydrogen-bond donors (Lipinski definition) is 6. The predicted octanol–water partition coefficient (Wildman–Crippen LogP) is 15.4. The quantitative estimate of drug-likeness (QED) is 0.0574. The van der Waals surface area contributed by atoms with Crippen molar-refractivity contribution in [3.05, 3.63) is 106 Å². The van der Waals surface area contributed by atoms with E-state index in [1.54, 1.807) is 75.6 Å². The predicted molar refractivity (Wildman–Crippen MR) is 350 cm³/mol. The molecule has 3 unspecified atom stereocenters. The van der Waals surface area contributed by atoms with Gasteiger partial charge in [-0.1, -0.05) is 152 Å². The number of aliphatic hydroxyl groups excluding tert-OH is 3. The third-order valence-electron chi connectivity index (χ3n) is 7.20. The summed E-state index contributed by atoms with van der Waals surface area (Å²) in [6.45, 7) is 52.3. The zero-order chi connectivity index (χ0) is 59.4. The second kappa shape index (κ2) is 93.4. The van der Waals surface area contributed by atoms with Gasteiger partial charge in [0.25, 0.3) is 0 Å². The fraction of sp³-hybridized carbons (Fsp3) is 0.590. The van der Waals surface area contributed by atoms with Crippen LogP contribution in [0.25, 0.3) is 0 Å². The summed E-state index contributed by atoms with van der Waals surface area (Å²) in [7, 11) is 0. The van der Waals surface area contributed by atoms with Crippen LogP contribution in [0.4, 0.5) is 0 Å². The number of Topliss-reactive ketones (excluding diaryl/α,β-unsaturated/α-hetero) is 3. The number of ketones is 3. The lowest BCUT2D eigenvalue weighted by atomic mass is 10.1. The summed E-state index contributed by atoms with van der Waals surface area (Å²) in [6, 6.07) is 12.0. The number of rotatable bonds is 17. The highest BCUT2D eigenvalue weighted by molar-refractivity contribution is 7.08. The van der Waals surface area contributed by atoms with Crippen LogP contribution in [0.15, 0.2) is 106 Å². The van der Waals surface area contributed by atoms with Gasteiger partial charge >= 0.3 is 0 Å². The van der Waals surface area contributed by atoms with Crippen molar-refractivity contribution >= 4 is 76.6 Å². The van der Waals surface area contributed by atoms with Crippen LogP contribution in [0.5, 0.6) is 0 Å². The van der Waals surface area contributed by atoms with E-state index in [1.807, 2.05) is 173 Å². The lowest BCUT2D eigenvalue weighted by molar-refractivity contribution is -0.119. The topological polar surface area (TPSA) is 148 Å². The molecule has 0 aliphatic heterocycles. The molecule has 3 aromatic heterocycles. The molecule has 0 fully saturated rings. The van der Waals surface area contributed by atoms with Gasteiger partial charge in [0.2, 0.25) is 0 Å². The third kappa shape index (κ3) is 123. The summed E-state index contributed by atoms with van der Waals surface area (Å²) in [4.78, 5) is 32.4. The zero-order valence-corrected chi connectivity index (χ0v) is 54.7. The average molecular weight is 1110 g/mol. The second-order valence-electron chi connectivity index (χ2n) is 14.6. The van der Waals surface area contributed by atoms with E-state index in [4.69, 9.17) is 21.7 Å². The Bertz CT molecular complexity index is 1410. The van der Waals surface area contributed by atoms with Crippen molar-refractivity contribution in [1.29, 1.82) is 0 Å². The Labute approximate surface area is 489 Å². The van der Waals surface area contributed by atoms with E-state index in [0.717, 1.165) is 49.2 Å². The molecule has 15 heteroatoms. The van der Waals surface area contributed by atoms with Crippen molar-refractivity contribution in [3.63, 3.8) is 0 Å². The molecular formula is C61H113B3N3O6S3. The van der Waals surface area contributed by atoms with Gasteiger partial charge in [-0.3, -0.25) is 14.4 Å². The van der Waals surface area contributed by atoms with E-state index in [9.17, 15) is 14.4 Å². The van der Waals surface area contributed by atoms with E-state index in [-0.39, 0.29) is 79.0 Å². The minimum atomic E-state index is -0.338. The number of carbonyl (C=O) groups is 3. The maximum atomic E-state index is 10.8. The number of terminal acetylenes is 1. The van der Waals surface area contributed by atoms with Crippen molar-refractivity contribution in [2.24, 2.45) is 0 Å². The number of thiophene rings is 3. The molecule has 9 radical (unpaired) electrons. The molecule has 9 nitrogen and oxygen atoms in total. The number of nitrogens with one attached hydrogen (secondary N) is 3. The lowest BCUT2D eigenvalue weighted by Gasteiger charge is -2.13. The van der Waals surface area contributed by atoms with Gasteiger partial charge in [-0.05, 0) is 127 Å². The molecule has 6 atom stereocenters. The van der Waals surface area contributed by atoms with Crippen LogP contribution in [0.2, 0.25) is 0 Å². The summed E-state index contributed by atoms with van der Waals surface area (Å²) in [5, 5.41) is 46.9. The molecule has 6 N–H and O–H groups in total. The summed E-state index contributed by atoms with van der Waals surface area (Å²) < 4.78 is 0. The molecule has 0 bridgehead atoms. The van der Waals surface area contributed by atoms with Crippen LogP contribution in [0.3, 0.4) is 0 Å². The smallest absolute Gasteiger partial charge is 0.151 e. The monoisotopic (exact) mass is 1110 g/mol. The Morgan fingerprint density at radius 3 is 0.789 bits per heavy atom. The van der Waals surface area contributed by atoms with Crippen molar-refractivity contribution < 1.29 is 29.7 Å². The Kier molecular flexibility index (Phi) is 128. The molecule has 435 valence electrons. The van der Waals surface area contributed by atoms with E-state index in [1.165, 1.54) is 6.42 Å². The molecular weight excluding hydrogens is 999 g/mol. The first-order valence-corrected chi connectivity index (χ1v) is 28.9. The number of unbranched alkanes of at least 4 members (excludes halogenated alkanes) is 1. The van der Waals surface area contributed by atoms with E-state index < -0.39 is 0 Å². The first-order chi connectivity index (χ1) is 34.5. The standard InChI is InChI=1S/3C8H15NO.C6H14O.C6H10O.C5H8O.3C4H4S.4C2H6.3B/c3*1-5-8(7(4)10)9-6(2)3;2*1-3-4-5-6(2)7;1-3-4-5(2)6;3*1-2-4-5-3-1;4*1-2;;;/h3*8-9H,2,5H2,1,3-4H3;6-7H,3-5H2,1-2H3;6-7H,5H2,1-2H3;1,5-6H,4H2,2H3;3*1-4H;4*1-2H3;;;/t3*8-;;;;;;;;;;;;;/m000............./s1. The van der Waals surface area contributed by atoms with E-state index in [0.29, 0.717) is 12.8 Å². The second-order valence-corrected chi connectivity index (χ2v) is 17.0. The molecule has 0 aromatic carbocycles. The summed E-state index contributed by atoms with van der Waals surface area (Å²) in [5.41, 5.74) is 2.55. The summed E-state index contributed by atoms with van der Waals surface area (Å²) >= 11 is 5.14. The van der Waals surface area contributed by atoms with Crippen LogP contribution in [-0.2, 0) is 14.4 Å². The van der Waals surface area contributed by atoms with Gasteiger partial charge in [-0.2, -0.15) is 34.0 Å². The first kappa shape index (κ1) is 104. The maximum absolute atomic E-state index is 10.8. The average Bonchev–Trinajstić information content (AvgIpc) is 4.23. The van der Waals surface area contributed by atoms with Crippen molar-refractivity contribution in [1.82, 2.24) is 16.0 Å². The largest absolute Gasteiger partial charge is 0.393 e. The fourth-order valence-corrected chi connectivity index (χ4v) is 5.33. The lowest BCUT2D eigenvalue weighted by Crippen LogP contribution is -2.32. The third-order valence-corrected chi connectivity index (χ3v) is 9.08. The van der Waals surface area contributed by atoms with E-state index in [2.05, 4.69) is 60.4 Å². The highest BCUT2D eigenvalue weighted by Gasteiger charge is 2.10. The normalized spacial score (nSPS) is 10.2. The summed E-state index contributed by atoms with van der Waals surface area (Å²) in [5.74, 6) is 8.27. The molecule has 3 rings (SSSR count). The molecule has 0 saturated carbocycles. The van der Waals surface area contributed by atoms with Crippen molar-refractivity contribution in [2.75, 3.05) is 0 Å². The first-order valence-electron chi connectivity index (χ1n) is 26.1. The fourth-order valence-electron chi connectivity index (χ4n) is 3.97. The summed E-state index contributed by atoms with van der Waals surface area (Å²) in [6.07, 6.45) is 10.9. The van der Waals surface area contributed by atoms with Gasteiger partial charge < -0.3 is 31.3 Å². The Morgan fingerprint density at radius 2 is 0.737 bits per heavy atom. The van der Waals surface area contributed by atoms with E-state index >= 15 is 0 Å². The Morgan fingerprint density at radius 1 is 0.500 bits per heavy atom. The minimum absolute atomic E-state index is 0. The molecule has 0 amide bonds. The number of carbonyl (C=O) groups excluding carboxylic acids is 3. The van der Waals surface area contributed by atoms with Crippen molar-refractivity contribution in [2.45, 2.75) is 240 Å². The molecule has 0 aliphatic rings. The molecule has 3 aromatic rings. The molecule has 0 saturated heterocycles. The van der Waals surface area contributed by atoms with Crippen LogP contribution < -0.4 is 16.0 Å². The van der Waals surface area contributed by atoms with Gasteiger partial charge in [0.1, 0.15) is 0 Å². The van der Waals surface area contributed by atoms with Crippen LogP contribution in [0, 0.1) is 24.2 Å². The molecule has 0 aliphatic carbocycles. The molecule has 3 heterocycles. The Hall–Kier alpha value is -4.08. The highest BCUT2D eigenvalue weighted by Crippen LogP contribution is 1.99. The molecule has 0 spiro atoms. The van der Waals surface area contributed by atoms with Gasteiger partial charge in [-0.25, -0.2) is 0 Å². The van der Waals surface area contributed by atoms with Gasteiger partial charge in [0.15, 0.2) is 17.3 Å². The zero-order valence-electron chi connectivity index (χ0n) is 52.3. The van der Waals surface area contributed by atoms with Gasteiger partial charge in [0.05, 0.1) is 36.4 Å². The van der Waals surface area contributed by atoms with Crippen LogP contribution in [-0.4, -0.2) is 94.3 Å². The number of aliphatic hydroxyl groups is 3. The van der Waals surface area contributed by atoms with Gasteiger partial charge in [-0.15, -0.1) is 24.2 Å².